The van der Waals surface area contributed by atoms with Crippen LogP contribution in [0.1, 0.15) is 5.69 Å². The molecule has 0 bridgehead atoms. The topological polar surface area (TPSA) is 89.1 Å². The van der Waals surface area contributed by atoms with Crippen molar-refractivity contribution in [3.05, 3.63) is 18.1 Å². The lowest BCUT2D eigenvalue weighted by atomic mass is 10.5. The number of aliphatic carboxylic acids is 1. The molecule has 0 unspecified atom stereocenters. The Labute approximate surface area is 82.8 Å². The molecular formula is C7H8F3N3O2. The van der Waals surface area contributed by atoms with Crippen LogP contribution in [-0.4, -0.2) is 27.2 Å². The number of alkyl halides is 3. The molecule has 8 heteroatoms. The normalized spacial score (nSPS) is 10.1. The minimum atomic E-state index is -5.08. The van der Waals surface area contributed by atoms with Crippen molar-refractivity contribution in [2.24, 2.45) is 0 Å². The monoisotopic (exact) mass is 223 g/mol. The van der Waals surface area contributed by atoms with E-state index in [-0.39, 0.29) is 0 Å². The second kappa shape index (κ2) is 5.13. The van der Waals surface area contributed by atoms with Gasteiger partial charge in [-0.3, -0.25) is 4.98 Å². The van der Waals surface area contributed by atoms with Crippen molar-refractivity contribution in [3.63, 3.8) is 0 Å². The van der Waals surface area contributed by atoms with Gasteiger partial charge in [-0.05, 0) is 6.92 Å². The molecule has 84 valence electrons. The third-order valence-corrected chi connectivity index (χ3v) is 1.16. The van der Waals surface area contributed by atoms with Crippen molar-refractivity contribution in [2.75, 3.05) is 5.73 Å². The van der Waals surface area contributed by atoms with Crippen molar-refractivity contribution in [1.82, 2.24) is 9.97 Å². The van der Waals surface area contributed by atoms with Gasteiger partial charge in [-0.25, -0.2) is 9.78 Å². The fourth-order valence-corrected chi connectivity index (χ4v) is 0.418. The second-order valence-electron chi connectivity index (χ2n) is 2.33. The number of rotatable bonds is 0. The number of nitrogens with two attached hydrogens (primary N) is 1. The van der Waals surface area contributed by atoms with E-state index in [1.165, 1.54) is 0 Å². The van der Waals surface area contributed by atoms with Gasteiger partial charge in [0.15, 0.2) is 0 Å². The number of anilines is 1. The predicted octanol–water partition coefficient (Wildman–Crippen LogP) is 1.00. The summed E-state index contributed by atoms with van der Waals surface area (Å²) in [6.45, 7) is 1.82. The van der Waals surface area contributed by atoms with E-state index in [2.05, 4.69) is 9.97 Å². The number of hydrogen-bond acceptors (Lipinski definition) is 4. The van der Waals surface area contributed by atoms with Crippen LogP contribution >= 0.6 is 0 Å². The van der Waals surface area contributed by atoms with Crippen LogP contribution in [0.3, 0.4) is 0 Å². The molecule has 0 fully saturated rings. The van der Waals surface area contributed by atoms with Gasteiger partial charge < -0.3 is 10.8 Å². The third-order valence-electron chi connectivity index (χ3n) is 1.16. The highest BCUT2D eigenvalue weighted by atomic mass is 19.4. The summed E-state index contributed by atoms with van der Waals surface area (Å²) in [7, 11) is 0. The lowest BCUT2D eigenvalue weighted by Crippen LogP contribution is -2.21. The zero-order valence-corrected chi connectivity index (χ0v) is 7.62. The molecule has 1 aromatic heterocycles. The van der Waals surface area contributed by atoms with Crippen LogP contribution in [0.5, 0.6) is 0 Å². The first-order valence-corrected chi connectivity index (χ1v) is 3.58. The highest BCUT2D eigenvalue weighted by Gasteiger charge is 2.38. The fourth-order valence-electron chi connectivity index (χ4n) is 0.418. The number of nitrogen functional groups attached to an aromatic ring is 1. The molecule has 1 heterocycles. The number of carboxylic acid groups (broad SMARTS) is 1. The minimum Gasteiger partial charge on any atom is -0.475 e. The number of nitrogens with zero attached hydrogens (tertiary/aromatic N) is 2. The molecule has 0 saturated heterocycles. The zero-order chi connectivity index (χ0) is 12.1. The van der Waals surface area contributed by atoms with E-state index in [4.69, 9.17) is 15.6 Å². The minimum absolute atomic E-state index is 0.507. The fraction of sp³-hybridized carbons (Fsp3) is 0.286. The lowest BCUT2D eigenvalue weighted by molar-refractivity contribution is -0.192. The van der Waals surface area contributed by atoms with Gasteiger partial charge in [-0.2, -0.15) is 13.2 Å². The van der Waals surface area contributed by atoms with Crippen molar-refractivity contribution >= 4 is 11.8 Å². The molecule has 0 aliphatic carbocycles. The van der Waals surface area contributed by atoms with Crippen molar-refractivity contribution in [1.29, 1.82) is 0 Å². The molecule has 0 radical (unpaired) electrons. The van der Waals surface area contributed by atoms with Crippen LogP contribution in [0.15, 0.2) is 12.4 Å². The summed E-state index contributed by atoms with van der Waals surface area (Å²) in [5.74, 6) is -2.25. The van der Waals surface area contributed by atoms with Crippen LogP contribution in [-0.2, 0) is 4.79 Å². The predicted molar refractivity (Wildman–Crippen MR) is 44.9 cm³/mol. The molecular weight excluding hydrogens is 215 g/mol. The van der Waals surface area contributed by atoms with Gasteiger partial charge in [-0.1, -0.05) is 0 Å². The van der Waals surface area contributed by atoms with Gasteiger partial charge in [0, 0.05) is 12.4 Å². The first-order chi connectivity index (χ1) is 6.75. The summed E-state index contributed by atoms with van der Waals surface area (Å²) in [4.78, 5) is 16.6. The van der Waals surface area contributed by atoms with Gasteiger partial charge >= 0.3 is 12.1 Å². The maximum Gasteiger partial charge on any atom is 0.490 e. The summed E-state index contributed by atoms with van der Waals surface area (Å²) >= 11 is 0. The molecule has 0 saturated carbocycles. The van der Waals surface area contributed by atoms with Crippen LogP contribution in [0.4, 0.5) is 19.0 Å². The van der Waals surface area contributed by atoms with Crippen LogP contribution in [0, 0.1) is 6.92 Å². The molecule has 5 nitrogen and oxygen atoms in total. The second-order valence-corrected chi connectivity index (χ2v) is 2.33. The number of halogens is 3. The Kier molecular flexibility index (Phi) is 4.49. The molecule has 3 N–H and O–H groups in total. The van der Waals surface area contributed by atoms with Crippen LogP contribution in [0.25, 0.3) is 0 Å². The number of hydrogen-bond donors (Lipinski definition) is 2. The Hall–Kier alpha value is -1.86. The van der Waals surface area contributed by atoms with E-state index >= 15 is 0 Å². The summed E-state index contributed by atoms with van der Waals surface area (Å²) in [5.41, 5.74) is 6.13. The maximum atomic E-state index is 10.6. The molecule has 0 atom stereocenters. The molecule has 0 amide bonds. The molecule has 0 aromatic carbocycles. The Morgan fingerprint density at radius 2 is 1.80 bits per heavy atom. The summed E-state index contributed by atoms with van der Waals surface area (Å²) in [6, 6.07) is 0. The SMILES string of the molecule is Cc1nccnc1N.O=C(O)C(F)(F)F. The number of carboxylic acids is 1. The summed E-state index contributed by atoms with van der Waals surface area (Å²) in [5, 5.41) is 7.12. The summed E-state index contributed by atoms with van der Waals surface area (Å²) in [6.07, 6.45) is -1.89. The van der Waals surface area contributed by atoms with E-state index in [9.17, 15) is 13.2 Å². The first-order valence-electron chi connectivity index (χ1n) is 3.58. The Morgan fingerprint density at radius 3 is 2.00 bits per heavy atom. The zero-order valence-electron chi connectivity index (χ0n) is 7.62. The molecule has 0 aliphatic heterocycles. The quantitative estimate of drug-likeness (QED) is 0.684. The highest BCUT2D eigenvalue weighted by molar-refractivity contribution is 5.73. The third kappa shape index (κ3) is 5.45. The standard InChI is InChI=1S/C5H7N3.C2HF3O2/c1-4-5(6)8-3-2-7-4;3-2(4,5)1(6)7/h2-3H,1H3,(H2,6,8);(H,6,7). The largest absolute Gasteiger partial charge is 0.490 e. The molecule has 0 spiro atoms. The number of carbonyl (C=O) groups is 1. The van der Waals surface area contributed by atoms with E-state index in [0.29, 0.717) is 5.82 Å². The highest BCUT2D eigenvalue weighted by Crippen LogP contribution is 2.13. The Bertz CT molecular complexity index is 319. The molecule has 0 aliphatic rings. The smallest absolute Gasteiger partial charge is 0.475 e. The van der Waals surface area contributed by atoms with Gasteiger partial charge in [0.25, 0.3) is 0 Å². The van der Waals surface area contributed by atoms with Crippen LogP contribution < -0.4 is 5.73 Å². The average molecular weight is 223 g/mol. The van der Waals surface area contributed by atoms with Gasteiger partial charge in [0.2, 0.25) is 0 Å². The van der Waals surface area contributed by atoms with Crippen LogP contribution in [0.2, 0.25) is 0 Å². The average Bonchev–Trinajstić information content (AvgIpc) is 2.09. The van der Waals surface area contributed by atoms with E-state index in [0.717, 1.165) is 5.69 Å². The van der Waals surface area contributed by atoms with E-state index in [1.54, 1.807) is 12.4 Å². The first kappa shape index (κ1) is 13.1. The Morgan fingerprint density at radius 1 is 1.40 bits per heavy atom. The van der Waals surface area contributed by atoms with Crippen molar-refractivity contribution < 1.29 is 23.1 Å². The Balaban J connectivity index is 0.000000265. The molecule has 1 rings (SSSR count). The molecule has 15 heavy (non-hydrogen) atoms. The molecule has 1 aromatic rings. The maximum absolute atomic E-state index is 10.6. The van der Waals surface area contributed by atoms with Crippen molar-refractivity contribution in [3.8, 4) is 0 Å². The van der Waals surface area contributed by atoms with E-state index in [1.807, 2.05) is 6.92 Å². The summed E-state index contributed by atoms with van der Waals surface area (Å²) < 4.78 is 31.7. The van der Waals surface area contributed by atoms with E-state index < -0.39 is 12.1 Å². The van der Waals surface area contributed by atoms with Gasteiger partial charge in [0.1, 0.15) is 5.82 Å². The van der Waals surface area contributed by atoms with Crippen molar-refractivity contribution in [2.45, 2.75) is 13.1 Å². The number of aryl methyl sites for hydroxylation is 1. The lowest BCUT2D eigenvalue weighted by Gasteiger charge is -1.93. The van der Waals surface area contributed by atoms with Gasteiger partial charge in [-0.15, -0.1) is 0 Å². The number of aromatic nitrogens is 2. The van der Waals surface area contributed by atoms with Gasteiger partial charge in [0.05, 0.1) is 5.69 Å².